The van der Waals surface area contributed by atoms with Gasteiger partial charge in [0.25, 0.3) is 0 Å². The van der Waals surface area contributed by atoms with Gasteiger partial charge < -0.3 is 34.7 Å². The van der Waals surface area contributed by atoms with Crippen LogP contribution in [0.3, 0.4) is 0 Å². The number of anilines is 1. The monoisotopic (exact) mass is 640 g/mol. The first-order chi connectivity index (χ1) is 22.2. The Hall–Kier alpha value is -4.66. The number of nitrogens with two attached hydrogens (primary N) is 1. The Kier molecular flexibility index (Phi) is 11.9. The molecule has 1 aliphatic rings. The smallest absolute Gasteiger partial charge is 0.409 e. The topological polar surface area (TPSA) is 178 Å². The quantitative estimate of drug-likeness (QED) is 0.195. The van der Waals surface area contributed by atoms with E-state index >= 15 is 0 Å². The van der Waals surface area contributed by atoms with E-state index in [2.05, 4.69) is 15.0 Å². The van der Waals surface area contributed by atoms with Crippen LogP contribution < -0.4 is 16.2 Å². The van der Waals surface area contributed by atoms with Crippen LogP contribution >= 0.6 is 0 Å². The van der Waals surface area contributed by atoms with Gasteiger partial charge >= 0.3 is 23.8 Å². The lowest BCUT2D eigenvalue weighted by Crippen LogP contribution is -2.51. The number of hydrogen-bond acceptors (Lipinski definition) is 11. The van der Waals surface area contributed by atoms with Crippen LogP contribution in [0, 0.1) is 0 Å². The van der Waals surface area contributed by atoms with E-state index in [1.165, 1.54) is 11.7 Å². The van der Waals surface area contributed by atoms with Crippen molar-refractivity contribution in [1.29, 1.82) is 0 Å². The summed E-state index contributed by atoms with van der Waals surface area (Å²) in [7, 11) is 1.30. The molecule has 3 N–H and O–H groups in total. The molecule has 0 spiro atoms. The van der Waals surface area contributed by atoms with Gasteiger partial charge in [-0.25, -0.2) is 14.2 Å². The molecular weight excluding hydrogens is 596 g/mol. The highest BCUT2D eigenvalue weighted by atomic mass is 16.6. The number of unbranched alkanes of at least 4 members (excludes halogenated alkanes) is 1. The molecule has 1 aromatic carbocycles. The van der Waals surface area contributed by atoms with Gasteiger partial charge in [-0.15, -0.1) is 0 Å². The number of carbonyl (C=O) groups excluding carboxylic acids is 3. The molecule has 0 saturated carbocycles. The highest BCUT2D eigenvalue weighted by Gasteiger charge is 2.25. The second-order valence-corrected chi connectivity index (χ2v) is 11.1. The molecule has 0 radical (unpaired) electrons. The van der Waals surface area contributed by atoms with Crippen LogP contribution in [0.15, 0.2) is 23.0 Å². The molecule has 1 saturated heterocycles. The SMILES string of the molecule is CCCCOc1nc(N)c2[nH]c(=O)n(-c3cc(CN(CCC)C(=O)CN4CCN(C(=O)OCC)CC4)ccc3CC(=O)OC)c2n1. The third kappa shape index (κ3) is 8.33. The number of hydrogen-bond donors (Lipinski definition) is 2. The lowest BCUT2D eigenvalue weighted by atomic mass is 10.0. The number of aromatic nitrogens is 4. The minimum atomic E-state index is -0.520. The van der Waals surface area contributed by atoms with Crippen LogP contribution in [0.5, 0.6) is 6.01 Å². The number of methoxy groups -OCH3 is 1. The molecule has 15 nitrogen and oxygen atoms in total. The second kappa shape index (κ2) is 16.1. The van der Waals surface area contributed by atoms with Crippen molar-refractivity contribution in [1.82, 2.24) is 34.2 Å². The molecule has 2 aromatic heterocycles. The van der Waals surface area contributed by atoms with E-state index in [1.54, 1.807) is 28.9 Å². The summed E-state index contributed by atoms with van der Waals surface area (Å²) in [6, 6.07) is 5.40. The Labute approximate surface area is 267 Å². The average Bonchev–Trinajstić information content (AvgIpc) is 3.38. The standard InChI is InChI=1S/C31H44N8O7/c1-5-8-16-46-29-34-27(32)26-28(35-29)39(30(42)33-26)23-17-21(9-10-22(23)18-25(41)44-4)19-38(11-6-2)24(40)20-36-12-14-37(15-13-36)31(43)45-7-3/h9-10,17H,5-8,11-16,18-20H2,1-4H3,(H,33,42)(H2,32,34,35). The van der Waals surface area contributed by atoms with Crippen molar-refractivity contribution >= 4 is 35.0 Å². The summed E-state index contributed by atoms with van der Waals surface area (Å²) in [6.45, 7) is 9.64. The number of imidazole rings is 1. The van der Waals surface area contributed by atoms with Crippen molar-refractivity contribution in [2.75, 3.05) is 65.3 Å². The van der Waals surface area contributed by atoms with Gasteiger partial charge in [-0.3, -0.25) is 14.5 Å². The molecule has 0 atom stereocenters. The molecule has 0 bridgehead atoms. The molecule has 2 amide bonds. The zero-order valence-electron chi connectivity index (χ0n) is 27.0. The van der Waals surface area contributed by atoms with Crippen molar-refractivity contribution in [3.8, 4) is 11.7 Å². The Morgan fingerprint density at radius 1 is 1.07 bits per heavy atom. The van der Waals surface area contributed by atoms with Crippen LogP contribution in [0.4, 0.5) is 10.6 Å². The molecule has 250 valence electrons. The normalized spacial score (nSPS) is 13.5. The number of fused-ring (bicyclic) bond motifs is 1. The largest absolute Gasteiger partial charge is 0.469 e. The van der Waals surface area contributed by atoms with Gasteiger partial charge in [0.2, 0.25) is 5.91 Å². The third-order valence-electron chi connectivity index (χ3n) is 7.70. The molecule has 46 heavy (non-hydrogen) atoms. The van der Waals surface area contributed by atoms with Crippen LogP contribution in [-0.4, -0.2) is 112 Å². The molecule has 3 heterocycles. The van der Waals surface area contributed by atoms with Crippen molar-refractivity contribution in [3.05, 3.63) is 39.8 Å². The Morgan fingerprint density at radius 3 is 2.50 bits per heavy atom. The van der Waals surface area contributed by atoms with Gasteiger partial charge in [-0.05, 0) is 37.0 Å². The maximum atomic E-state index is 13.5. The number of piperazine rings is 1. The molecular formula is C31H44N8O7. The Bertz CT molecular complexity index is 1580. The predicted octanol–water partition coefficient (Wildman–Crippen LogP) is 2.10. The van der Waals surface area contributed by atoms with E-state index in [1.807, 2.05) is 24.8 Å². The number of rotatable bonds is 14. The number of aromatic amines is 1. The number of nitrogens with zero attached hydrogens (tertiary/aromatic N) is 6. The van der Waals surface area contributed by atoms with Crippen LogP contribution in [0.2, 0.25) is 0 Å². The number of nitrogen functional groups attached to an aromatic ring is 1. The van der Waals surface area contributed by atoms with Crippen molar-refractivity contribution in [3.63, 3.8) is 0 Å². The highest BCUT2D eigenvalue weighted by Crippen LogP contribution is 2.25. The summed E-state index contributed by atoms with van der Waals surface area (Å²) in [6.07, 6.45) is 2.02. The summed E-state index contributed by atoms with van der Waals surface area (Å²) in [5.74, 6) is -0.475. The Morgan fingerprint density at radius 2 is 1.83 bits per heavy atom. The van der Waals surface area contributed by atoms with E-state index in [0.717, 1.165) is 24.8 Å². The fourth-order valence-electron chi connectivity index (χ4n) is 5.25. The maximum absolute atomic E-state index is 13.5. The van der Waals surface area contributed by atoms with Crippen molar-refractivity contribution in [2.24, 2.45) is 0 Å². The van der Waals surface area contributed by atoms with E-state index in [0.29, 0.717) is 57.2 Å². The minimum Gasteiger partial charge on any atom is -0.469 e. The third-order valence-corrected chi connectivity index (χ3v) is 7.70. The van der Waals surface area contributed by atoms with E-state index in [4.69, 9.17) is 19.9 Å². The second-order valence-electron chi connectivity index (χ2n) is 11.1. The number of amides is 2. The molecule has 0 aliphatic carbocycles. The van der Waals surface area contributed by atoms with E-state index < -0.39 is 11.7 Å². The van der Waals surface area contributed by atoms with Gasteiger partial charge in [0, 0.05) is 39.3 Å². The lowest BCUT2D eigenvalue weighted by molar-refractivity contribution is -0.139. The van der Waals surface area contributed by atoms with Crippen LogP contribution in [-0.2, 0) is 32.0 Å². The number of carbonyl (C=O) groups is 3. The summed E-state index contributed by atoms with van der Waals surface area (Å²) < 4.78 is 17.0. The maximum Gasteiger partial charge on any atom is 0.409 e. The molecule has 1 aliphatic heterocycles. The van der Waals surface area contributed by atoms with Crippen LogP contribution in [0.25, 0.3) is 16.9 Å². The molecule has 1 fully saturated rings. The molecule has 0 unspecified atom stereocenters. The number of benzene rings is 1. The van der Waals surface area contributed by atoms with Crippen molar-refractivity contribution < 1.29 is 28.6 Å². The molecule has 15 heteroatoms. The van der Waals surface area contributed by atoms with Gasteiger partial charge in [0.15, 0.2) is 11.5 Å². The minimum absolute atomic E-state index is 0.0414. The fraction of sp³-hybridized carbons (Fsp3) is 0.548. The van der Waals surface area contributed by atoms with Gasteiger partial charge in [-0.1, -0.05) is 32.4 Å². The first kappa shape index (κ1) is 34.2. The highest BCUT2D eigenvalue weighted by molar-refractivity contribution is 5.84. The first-order valence-electron chi connectivity index (χ1n) is 15.7. The number of nitrogens with one attached hydrogen (secondary N) is 1. The Balaban J connectivity index is 1.62. The van der Waals surface area contributed by atoms with Gasteiger partial charge in [0.1, 0.15) is 5.52 Å². The van der Waals surface area contributed by atoms with Gasteiger partial charge in [-0.2, -0.15) is 9.97 Å². The molecule has 3 aromatic rings. The number of ether oxygens (including phenoxy) is 3. The van der Waals surface area contributed by atoms with Crippen LogP contribution in [0.1, 0.15) is 51.2 Å². The van der Waals surface area contributed by atoms with E-state index in [-0.39, 0.29) is 54.5 Å². The zero-order valence-corrected chi connectivity index (χ0v) is 27.0. The number of esters is 1. The number of H-pyrrole nitrogens is 1. The van der Waals surface area contributed by atoms with Gasteiger partial charge in [0.05, 0.1) is 39.0 Å². The average molecular weight is 641 g/mol. The summed E-state index contributed by atoms with van der Waals surface area (Å²) in [5.41, 5.74) is 7.78. The lowest BCUT2D eigenvalue weighted by Gasteiger charge is -2.34. The van der Waals surface area contributed by atoms with Crippen molar-refractivity contribution in [2.45, 2.75) is 53.0 Å². The summed E-state index contributed by atoms with van der Waals surface area (Å²) in [5, 5.41) is 0. The zero-order chi connectivity index (χ0) is 33.2. The first-order valence-corrected chi connectivity index (χ1v) is 15.7. The van der Waals surface area contributed by atoms with E-state index in [9.17, 15) is 19.2 Å². The summed E-state index contributed by atoms with van der Waals surface area (Å²) >= 11 is 0. The fourth-order valence-corrected chi connectivity index (χ4v) is 5.25. The predicted molar refractivity (Wildman–Crippen MR) is 171 cm³/mol. The summed E-state index contributed by atoms with van der Waals surface area (Å²) in [4.78, 5) is 68.1. The molecule has 4 rings (SSSR count).